The van der Waals surface area contributed by atoms with E-state index in [9.17, 15) is 0 Å². The molecule has 0 aliphatic carbocycles. The quantitative estimate of drug-likeness (QED) is 0.873. The third kappa shape index (κ3) is 3.16. The predicted octanol–water partition coefficient (Wildman–Crippen LogP) is 2.46. The smallest absolute Gasteiger partial charge is 0.123 e. The van der Waals surface area contributed by atoms with Crippen LogP contribution in [-0.2, 0) is 6.42 Å². The van der Waals surface area contributed by atoms with Crippen molar-refractivity contribution in [3.8, 4) is 5.75 Å². The van der Waals surface area contributed by atoms with Crippen molar-refractivity contribution in [1.29, 1.82) is 0 Å². The largest absolute Gasteiger partial charge is 0.489 e. The lowest BCUT2D eigenvalue weighted by Crippen LogP contribution is -2.35. The second-order valence-corrected chi connectivity index (χ2v) is 6.09. The number of nitrogens with two attached hydrogens (primary N) is 1. The molecule has 2 rings (SSSR count). The van der Waals surface area contributed by atoms with E-state index >= 15 is 0 Å². The SMILES string of the molecule is CC(C)(N)CSCC1Cc2ccccc2O1. The standard InChI is InChI=1S/C13H19NOS/c1-13(2,14)9-16-8-11-7-10-5-3-4-6-12(10)15-11/h3-6,11H,7-9,14H2,1-2H3. The van der Waals surface area contributed by atoms with E-state index < -0.39 is 0 Å². The average molecular weight is 237 g/mol. The monoisotopic (exact) mass is 237 g/mol. The fourth-order valence-electron chi connectivity index (χ4n) is 1.80. The summed E-state index contributed by atoms with van der Waals surface area (Å²) in [4.78, 5) is 0. The number of para-hydroxylation sites is 1. The molecule has 88 valence electrons. The summed E-state index contributed by atoms with van der Waals surface area (Å²) >= 11 is 1.88. The number of rotatable bonds is 4. The highest BCUT2D eigenvalue weighted by Crippen LogP contribution is 2.29. The minimum Gasteiger partial charge on any atom is -0.489 e. The molecule has 0 fully saturated rings. The van der Waals surface area contributed by atoms with E-state index in [4.69, 9.17) is 10.5 Å². The highest BCUT2D eigenvalue weighted by molar-refractivity contribution is 7.99. The summed E-state index contributed by atoms with van der Waals surface area (Å²) in [5.74, 6) is 3.05. The molecule has 16 heavy (non-hydrogen) atoms. The fourth-order valence-corrected chi connectivity index (χ4v) is 2.89. The Morgan fingerprint density at radius 1 is 1.44 bits per heavy atom. The highest BCUT2D eigenvalue weighted by atomic mass is 32.2. The summed E-state index contributed by atoms with van der Waals surface area (Å²) in [6.45, 7) is 4.12. The van der Waals surface area contributed by atoms with E-state index in [0.29, 0.717) is 6.10 Å². The van der Waals surface area contributed by atoms with Crippen molar-refractivity contribution < 1.29 is 4.74 Å². The number of thioether (sulfide) groups is 1. The molecule has 2 nitrogen and oxygen atoms in total. The first-order chi connectivity index (χ1) is 7.54. The number of benzene rings is 1. The summed E-state index contributed by atoms with van der Waals surface area (Å²) < 4.78 is 5.86. The van der Waals surface area contributed by atoms with Crippen molar-refractivity contribution in [3.63, 3.8) is 0 Å². The first-order valence-electron chi connectivity index (χ1n) is 5.66. The first-order valence-corrected chi connectivity index (χ1v) is 6.81. The van der Waals surface area contributed by atoms with Gasteiger partial charge in [-0.2, -0.15) is 11.8 Å². The summed E-state index contributed by atoms with van der Waals surface area (Å²) in [6, 6.07) is 8.29. The molecule has 1 aliphatic heterocycles. The van der Waals surface area contributed by atoms with Crippen LogP contribution < -0.4 is 10.5 Å². The molecule has 0 saturated carbocycles. The lowest BCUT2D eigenvalue weighted by Gasteiger charge is -2.18. The first kappa shape index (κ1) is 11.8. The minimum absolute atomic E-state index is 0.0872. The molecule has 3 heteroatoms. The van der Waals surface area contributed by atoms with E-state index in [1.54, 1.807) is 0 Å². The number of hydrogen-bond donors (Lipinski definition) is 1. The van der Waals surface area contributed by atoms with E-state index in [1.165, 1.54) is 5.56 Å². The number of ether oxygens (including phenoxy) is 1. The lowest BCUT2D eigenvalue weighted by molar-refractivity contribution is 0.259. The second-order valence-electron chi connectivity index (χ2n) is 5.06. The van der Waals surface area contributed by atoms with Crippen molar-refractivity contribution in [2.45, 2.75) is 31.9 Å². The second kappa shape index (κ2) is 4.68. The van der Waals surface area contributed by atoms with Gasteiger partial charge in [-0.15, -0.1) is 0 Å². The molecule has 0 aromatic heterocycles. The van der Waals surface area contributed by atoms with Crippen molar-refractivity contribution in [3.05, 3.63) is 29.8 Å². The normalized spacial score (nSPS) is 19.3. The molecule has 0 amide bonds. The van der Waals surface area contributed by atoms with Crippen LogP contribution in [0.2, 0.25) is 0 Å². The Morgan fingerprint density at radius 3 is 2.88 bits per heavy atom. The van der Waals surface area contributed by atoms with Gasteiger partial charge in [0.05, 0.1) is 0 Å². The molecule has 2 N–H and O–H groups in total. The number of fused-ring (bicyclic) bond motifs is 1. The molecular weight excluding hydrogens is 218 g/mol. The maximum atomic E-state index is 5.94. The third-order valence-electron chi connectivity index (χ3n) is 2.49. The van der Waals surface area contributed by atoms with Gasteiger partial charge in [0.2, 0.25) is 0 Å². The van der Waals surface area contributed by atoms with Crippen molar-refractivity contribution in [2.24, 2.45) is 5.73 Å². The maximum Gasteiger partial charge on any atom is 0.123 e. The van der Waals surface area contributed by atoms with Gasteiger partial charge in [-0.1, -0.05) is 18.2 Å². The highest BCUT2D eigenvalue weighted by Gasteiger charge is 2.22. The Labute approximate surface area is 102 Å². The van der Waals surface area contributed by atoms with Crippen LogP contribution in [0.4, 0.5) is 0 Å². The van der Waals surface area contributed by atoms with E-state index in [1.807, 2.05) is 23.9 Å². The van der Waals surface area contributed by atoms with Crippen LogP contribution in [0.15, 0.2) is 24.3 Å². The number of hydrogen-bond acceptors (Lipinski definition) is 3. The van der Waals surface area contributed by atoms with Gasteiger partial charge in [0.25, 0.3) is 0 Å². The van der Waals surface area contributed by atoms with Crippen molar-refractivity contribution in [2.75, 3.05) is 11.5 Å². The molecule has 0 bridgehead atoms. The summed E-state index contributed by atoms with van der Waals surface area (Å²) in [6.07, 6.45) is 1.36. The van der Waals surface area contributed by atoms with Crippen LogP contribution in [0.25, 0.3) is 0 Å². The van der Waals surface area contributed by atoms with Crippen molar-refractivity contribution in [1.82, 2.24) is 0 Å². The van der Waals surface area contributed by atoms with Gasteiger partial charge in [0.15, 0.2) is 0 Å². The zero-order valence-corrected chi connectivity index (χ0v) is 10.7. The zero-order valence-electron chi connectivity index (χ0n) is 9.90. The van der Waals surface area contributed by atoms with Gasteiger partial charge in [0.1, 0.15) is 11.9 Å². The molecule has 0 spiro atoms. The van der Waals surface area contributed by atoms with Crippen LogP contribution in [0.1, 0.15) is 19.4 Å². The Hall–Kier alpha value is -0.670. The molecule has 1 aromatic carbocycles. The van der Waals surface area contributed by atoms with Gasteiger partial charge in [-0.3, -0.25) is 0 Å². The molecule has 0 saturated heterocycles. The Morgan fingerprint density at radius 2 is 2.19 bits per heavy atom. The van der Waals surface area contributed by atoms with Gasteiger partial charge in [-0.25, -0.2) is 0 Å². The topological polar surface area (TPSA) is 35.2 Å². The third-order valence-corrected chi connectivity index (χ3v) is 4.05. The molecular formula is C13H19NOS. The molecule has 1 atom stereocenters. The molecule has 1 unspecified atom stereocenters. The van der Waals surface area contributed by atoms with Crippen LogP contribution in [0.5, 0.6) is 5.75 Å². The Balaban J connectivity index is 1.79. The van der Waals surface area contributed by atoms with Gasteiger partial charge in [0, 0.05) is 23.5 Å². The maximum absolute atomic E-state index is 5.94. The van der Waals surface area contributed by atoms with Gasteiger partial charge < -0.3 is 10.5 Å². The van der Waals surface area contributed by atoms with Crippen LogP contribution in [-0.4, -0.2) is 23.1 Å². The van der Waals surface area contributed by atoms with E-state index in [0.717, 1.165) is 23.7 Å². The van der Waals surface area contributed by atoms with E-state index in [2.05, 4.69) is 26.0 Å². The Kier molecular flexibility index (Phi) is 3.45. The van der Waals surface area contributed by atoms with Crippen LogP contribution in [0.3, 0.4) is 0 Å². The minimum atomic E-state index is -0.0872. The molecule has 1 aliphatic rings. The van der Waals surface area contributed by atoms with Crippen LogP contribution in [0, 0.1) is 0 Å². The van der Waals surface area contributed by atoms with Gasteiger partial charge >= 0.3 is 0 Å². The van der Waals surface area contributed by atoms with Crippen LogP contribution >= 0.6 is 11.8 Å². The molecule has 0 radical (unpaired) electrons. The zero-order chi connectivity index (χ0) is 11.6. The average Bonchev–Trinajstić information content (AvgIpc) is 2.57. The van der Waals surface area contributed by atoms with Gasteiger partial charge in [-0.05, 0) is 25.5 Å². The van der Waals surface area contributed by atoms with Crippen molar-refractivity contribution >= 4 is 11.8 Å². The molecule has 1 aromatic rings. The van der Waals surface area contributed by atoms with E-state index in [-0.39, 0.29) is 5.54 Å². The fraction of sp³-hybridized carbons (Fsp3) is 0.538. The predicted molar refractivity (Wildman–Crippen MR) is 70.2 cm³/mol. The lowest BCUT2D eigenvalue weighted by atomic mass is 10.1. The molecule has 1 heterocycles. The summed E-state index contributed by atoms with van der Waals surface area (Å²) in [5.41, 5.74) is 7.19. The summed E-state index contributed by atoms with van der Waals surface area (Å²) in [5, 5.41) is 0. The Bertz CT molecular complexity index is 334. The summed E-state index contributed by atoms with van der Waals surface area (Å²) in [7, 11) is 0.